The van der Waals surface area contributed by atoms with Crippen molar-refractivity contribution in [2.24, 2.45) is 0 Å². The lowest BCUT2D eigenvalue weighted by Gasteiger charge is -2.24. The largest absolute Gasteiger partial charge is 0.393 e. The van der Waals surface area contributed by atoms with Crippen molar-refractivity contribution < 1.29 is 34.8 Å². The molecule has 7 nitrogen and oxygen atoms in total. The highest BCUT2D eigenvalue weighted by molar-refractivity contribution is 5.89. The van der Waals surface area contributed by atoms with E-state index in [-0.39, 0.29) is 12.8 Å². The molecule has 0 bridgehead atoms. The van der Waals surface area contributed by atoms with E-state index in [9.17, 15) is 19.8 Å². The van der Waals surface area contributed by atoms with Gasteiger partial charge in [-0.25, -0.2) is 0 Å². The third-order valence-corrected chi connectivity index (χ3v) is 2.71. The van der Waals surface area contributed by atoms with Gasteiger partial charge in [-0.15, -0.1) is 0 Å². The molecule has 0 saturated carbocycles. The number of carbonyl (C=O) groups is 2. The summed E-state index contributed by atoms with van der Waals surface area (Å²) >= 11 is 0. The fourth-order valence-electron chi connectivity index (χ4n) is 1.54. The van der Waals surface area contributed by atoms with E-state index in [0.717, 1.165) is 0 Å². The van der Waals surface area contributed by atoms with Crippen LogP contribution < -0.4 is 0 Å². The van der Waals surface area contributed by atoms with Gasteiger partial charge in [-0.3, -0.25) is 9.59 Å². The summed E-state index contributed by atoms with van der Waals surface area (Å²) in [5.74, 6) is -1.43. The highest BCUT2D eigenvalue weighted by Crippen LogP contribution is 2.12. The Bertz CT molecular complexity index is 264. The van der Waals surface area contributed by atoms with E-state index in [4.69, 9.17) is 14.9 Å². The van der Waals surface area contributed by atoms with Crippen molar-refractivity contribution in [3.63, 3.8) is 0 Å². The minimum absolute atomic E-state index is 0.217. The Labute approximate surface area is 111 Å². The van der Waals surface area contributed by atoms with Gasteiger partial charge in [0.2, 0.25) is 0 Å². The molecule has 0 aliphatic heterocycles. The summed E-state index contributed by atoms with van der Waals surface area (Å²) in [5, 5.41) is 35.9. The van der Waals surface area contributed by atoms with Crippen molar-refractivity contribution in [3.8, 4) is 0 Å². The molecule has 4 N–H and O–H groups in total. The number of aliphatic hydroxyl groups excluding tert-OH is 4. The lowest BCUT2D eigenvalue weighted by molar-refractivity contribution is -0.155. The second-order valence-corrected chi connectivity index (χ2v) is 4.13. The Morgan fingerprint density at radius 1 is 0.895 bits per heavy atom. The number of Topliss-reactive ketones (excluding diaryl/α,β-unsaturated/α-hetero) is 2. The predicted molar refractivity (Wildman–Crippen MR) is 65.4 cm³/mol. The van der Waals surface area contributed by atoms with Gasteiger partial charge in [-0.05, 0) is 12.8 Å². The first kappa shape index (κ1) is 18.1. The third kappa shape index (κ3) is 5.33. The third-order valence-electron chi connectivity index (χ3n) is 2.71. The van der Waals surface area contributed by atoms with Crippen LogP contribution in [-0.4, -0.2) is 69.6 Å². The van der Waals surface area contributed by atoms with Crippen molar-refractivity contribution in [3.05, 3.63) is 0 Å². The van der Waals surface area contributed by atoms with Crippen LogP contribution in [0.3, 0.4) is 0 Å². The molecule has 0 aromatic heterocycles. The molecule has 0 aliphatic rings. The number of hydrogen-bond donors (Lipinski definition) is 4. The molecule has 4 unspecified atom stereocenters. The van der Waals surface area contributed by atoms with Crippen molar-refractivity contribution >= 4 is 11.6 Å². The molecule has 0 aromatic carbocycles. The average Bonchev–Trinajstić information content (AvgIpc) is 2.45. The van der Waals surface area contributed by atoms with Gasteiger partial charge in [0, 0.05) is 0 Å². The van der Waals surface area contributed by atoms with Crippen LogP contribution in [-0.2, 0) is 14.3 Å². The maximum Gasteiger partial charge on any atom is 0.192 e. The maximum atomic E-state index is 11.7. The summed E-state index contributed by atoms with van der Waals surface area (Å²) in [6, 6.07) is 0. The summed E-state index contributed by atoms with van der Waals surface area (Å²) in [6.45, 7) is 1.82. The minimum Gasteiger partial charge on any atom is -0.393 e. The second-order valence-electron chi connectivity index (χ2n) is 4.13. The summed E-state index contributed by atoms with van der Waals surface area (Å²) in [7, 11) is 0. The van der Waals surface area contributed by atoms with Crippen molar-refractivity contribution in [1.29, 1.82) is 0 Å². The minimum atomic E-state index is -1.56. The number of ether oxygens (including phenoxy) is 1. The standard InChI is InChI=1S/C12H22O7/c1-3-9(11(17)7(15)5-13)19-10(4-2)12(18)8(16)6-14/h7-10,13-16H,3-6H2,1-2H3. The molecule has 0 spiro atoms. The lowest BCUT2D eigenvalue weighted by atomic mass is 10.1. The van der Waals surface area contributed by atoms with Gasteiger partial charge >= 0.3 is 0 Å². The number of aliphatic hydroxyl groups is 4. The molecule has 0 aromatic rings. The topological polar surface area (TPSA) is 124 Å². The van der Waals surface area contributed by atoms with Gasteiger partial charge in [-0.2, -0.15) is 0 Å². The molecule has 19 heavy (non-hydrogen) atoms. The zero-order valence-electron chi connectivity index (χ0n) is 11.2. The van der Waals surface area contributed by atoms with E-state index >= 15 is 0 Å². The molecule has 0 amide bonds. The molecule has 0 radical (unpaired) electrons. The highest BCUT2D eigenvalue weighted by atomic mass is 16.5. The van der Waals surface area contributed by atoms with Crippen LogP contribution in [0.25, 0.3) is 0 Å². The Hall–Kier alpha value is -0.860. The smallest absolute Gasteiger partial charge is 0.192 e. The predicted octanol–water partition coefficient (Wildman–Crippen LogP) is -1.60. The Morgan fingerprint density at radius 2 is 1.21 bits per heavy atom. The van der Waals surface area contributed by atoms with E-state index in [1.54, 1.807) is 13.8 Å². The SMILES string of the molecule is CCC(OC(CC)C(=O)C(O)CO)C(=O)C(O)CO. The van der Waals surface area contributed by atoms with Crippen LogP contribution in [0.1, 0.15) is 26.7 Å². The first-order valence-electron chi connectivity index (χ1n) is 6.23. The molecule has 0 fully saturated rings. The number of hydrogen-bond acceptors (Lipinski definition) is 7. The summed E-state index contributed by atoms with van der Waals surface area (Å²) in [6.07, 6.45) is -4.76. The Balaban J connectivity index is 4.74. The number of rotatable bonds is 10. The Morgan fingerprint density at radius 3 is 1.42 bits per heavy atom. The van der Waals surface area contributed by atoms with E-state index in [1.807, 2.05) is 0 Å². The fourth-order valence-corrected chi connectivity index (χ4v) is 1.54. The molecule has 4 atom stereocenters. The van der Waals surface area contributed by atoms with E-state index in [0.29, 0.717) is 0 Å². The van der Waals surface area contributed by atoms with Gasteiger partial charge in [0.25, 0.3) is 0 Å². The molecule has 0 saturated heterocycles. The van der Waals surface area contributed by atoms with Crippen LogP contribution in [0.4, 0.5) is 0 Å². The monoisotopic (exact) mass is 278 g/mol. The van der Waals surface area contributed by atoms with Crippen LogP contribution in [0.15, 0.2) is 0 Å². The molecule has 0 rings (SSSR count). The van der Waals surface area contributed by atoms with Crippen LogP contribution in [0.5, 0.6) is 0 Å². The van der Waals surface area contributed by atoms with Gasteiger partial charge in [-0.1, -0.05) is 13.8 Å². The molecule has 0 heterocycles. The summed E-state index contributed by atoms with van der Waals surface area (Å²) < 4.78 is 5.28. The summed E-state index contributed by atoms with van der Waals surface area (Å²) in [5.41, 5.74) is 0. The average molecular weight is 278 g/mol. The summed E-state index contributed by atoms with van der Waals surface area (Å²) in [4.78, 5) is 23.3. The van der Waals surface area contributed by atoms with E-state index < -0.39 is 49.2 Å². The molecule has 7 heteroatoms. The van der Waals surface area contributed by atoms with Gasteiger partial charge in [0.15, 0.2) is 11.6 Å². The normalized spacial score (nSPS) is 17.6. The number of carbonyl (C=O) groups excluding carboxylic acids is 2. The van der Waals surface area contributed by atoms with Gasteiger partial charge in [0.1, 0.15) is 24.4 Å². The highest BCUT2D eigenvalue weighted by Gasteiger charge is 2.31. The van der Waals surface area contributed by atoms with Crippen molar-refractivity contribution in [1.82, 2.24) is 0 Å². The van der Waals surface area contributed by atoms with Crippen LogP contribution in [0.2, 0.25) is 0 Å². The fraction of sp³-hybridized carbons (Fsp3) is 0.833. The zero-order valence-corrected chi connectivity index (χ0v) is 11.2. The van der Waals surface area contributed by atoms with Gasteiger partial charge < -0.3 is 25.2 Å². The number of ketones is 2. The molecule has 112 valence electrons. The zero-order chi connectivity index (χ0) is 15.0. The first-order valence-corrected chi connectivity index (χ1v) is 6.23. The molecular weight excluding hydrogens is 256 g/mol. The second kappa shape index (κ2) is 9.11. The van der Waals surface area contributed by atoms with Crippen LogP contribution in [0, 0.1) is 0 Å². The molecular formula is C12H22O7. The van der Waals surface area contributed by atoms with Crippen LogP contribution >= 0.6 is 0 Å². The van der Waals surface area contributed by atoms with Crippen molar-refractivity contribution in [2.45, 2.75) is 51.1 Å². The van der Waals surface area contributed by atoms with E-state index in [1.165, 1.54) is 0 Å². The van der Waals surface area contributed by atoms with E-state index in [2.05, 4.69) is 0 Å². The van der Waals surface area contributed by atoms with Gasteiger partial charge in [0.05, 0.1) is 13.2 Å². The van der Waals surface area contributed by atoms with Crippen molar-refractivity contribution in [2.75, 3.05) is 13.2 Å². The Kier molecular flexibility index (Phi) is 8.70. The quantitative estimate of drug-likeness (QED) is 0.379. The lowest BCUT2D eigenvalue weighted by Crippen LogP contribution is -2.43. The maximum absolute atomic E-state index is 11.7. The first-order chi connectivity index (χ1) is 8.92. The molecule has 0 aliphatic carbocycles.